The molecule has 7 heteroatoms. The number of nitrogens with one attached hydrogen (secondary N) is 1. The van der Waals surface area contributed by atoms with Crippen LogP contribution in [0.3, 0.4) is 0 Å². The van der Waals surface area contributed by atoms with Gasteiger partial charge in [-0.3, -0.25) is 19.3 Å². The molecule has 1 fully saturated rings. The van der Waals surface area contributed by atoms with Gasteiger partial charge in [-0.2, -0.15) is 5.10 Å². The van der Waals surface area contributed by atoms with Crippen LogP contribution >= 0.6 is 0 Å². The van der Waals surface area contributed by atoms with Crippen LogP contribution in [-0.4, -0.2) is 39.7 Å². The second kappa shape index (κ2) is 8.49. The van der Waals surface area contributed by atoms with E-state index in [1.807, 2.05) is 62.5 Å². The van der Waals surface area contributed by atoms with E-state index < -0.39 is 0 Å². The van der Waals surface area contributed by atoms with Crippen LogP contribution in [0.2, 0.25) is 0 Å². The van der Waals surface area contributed by atoms with Crippen LogP contribution in [0, 0.1) is 19.8 Å². The molecule has 2 amide bonds. The maximum Gasteiger partial charge on any atom is 0.227 e. The molecule has 1 atom stereocenters. The third-order valence-electron chi connectivity index (χ3n) is 5.51. The summed E-state index contributed by atoms with van der Waals surface area (Å²) in [6.07, 6.45) is 3.85. The summed E-state index contributed by atoms with van der Waals surface area (Å²) in [5.74, 6) is -0.432. The summed E-state index contributed by atoms with van der Waals surface area (Å²) in [5, 5.41) is 7.44. The van der Waals surface area contributed by atoms with E-state index in [9.17, 15) is 9.59 Å². The number of pyridine rings is 1. The molecule has 3 heterocycles. The lowest BCUT2D eigenvalue weighted by Crippen LogP contribution is -2.34. The van der Waals surface area contributed by atoms with Gasteiger partial charge in [-0.15, -0.1) is 0 Å². The molecule has 7 nitrogen and oxygen atoms in total. The monoisotopic (exact) mass is 403 g/mol. The molecule has 4 rings (SSSR count). The maximum absolute atomic E-state index is 12.6. The molecule has 0 bridgehead atoms. The van der Waals surface area contributed by atoms with Crippen molar-refractivity contribution in [1.29, 1.82) is 0 Å². The van der Waals surface area contributed by atoms with Gasteiger partial charge in [0, 0.05) is 37.6 Å². The van der Waals surface area contributed by atoms with Crippen molar-refractivity contribution in [3.05, 3.63) is 66.0 Å². The molecule has 154 valence electrons. The van der Waals surface area contributed by atoms with E-state index in [4.69, 9.17) is 0 Å². The van der Waals surface area contributed by atoms with Gasteiger partial charge in [-0.05, 0) is 55.3 Å². The van der Waals surface area contributed by atoms with Crippen LogP contribution in [0.5, 0.6) is 0 Å². The Hall–Kier alpha value is -3.48. The highest BCUT2D eigenvalue weighted by Gasteiger charge is 2.35. The van der Waals surface area contributed by atoms with Gasteiger partial charge in [0.15, 0.2) is 0 Å². The smallest absolute Gasteiger partial charge is 0.227 e. The Balaban J connectivity index is 1.30. The Labute approximate surface area is 175 Å². The zero-order chi connectivity index (χ0) is 21.1. The van der Waals surface area contributed by atoms with Crippen molar-refractivity contribution in [2.24, 2.45) is 5.92 Å². The van der Waals surface area contributed by atoms with Crippen molar-refractivity contribution in [3.8, 4) is 11.4 Å². The minimum Gasteiger partial charge on any atom is -0.354 e. The summed E-state index contributed by atoms with van der Waals surface area (Å²) in [6.45, 7) is 5.49. The van der Waals surface area contributed by atoms with Gasteiger partial charge in [0.25, 0.3) is 0 Å². The first-order valence-electron chi connectivity index (χ1n) is 10.1. The number of nitrogens with zero attached hydrogens (tertiary/aromatic N) is 4. The first kappa shape index (κ1) is 19.8. The fourth-order valence-electron chi connectivity index (χ4n) is 3.60. The zero-order valence-electron chi connectivity index (χ0n) is 17.2. The van der Waals surface area contributed by atoms with Crippen LogP contribution in [-0.2, 0) is 16.1 Å². The van der Waals surface area contributed by atoms with E-state index in [1.165, 1.54) is 5.56 Å². The molecule has 0 radical (unpaired) electrons. The largest absolute Gasteiger partial charge is 0.354 e. The summed E-state index contributed by atoms with van der Waals surface area (Å²) in [6, 6.07) is 13.6. The Kier molecular flexibility index (Phi) is 5.61. The lowest BCUT2D eigenvalue weighted by molar-refractivity contribution is -0.126. The molecule has 1 unspecified atom stereocenters. The average molecular weight is 403 g/mol. The second-order valence-electron chi connectivity index (χ2n) is 7.64. The molecule has 1 saturated heterocycles. The third-order valence-corrected chi connectivity index (χ3v) is 5.51. The fourth-order valence-corrected chi connectivity index (χ4v) is 3.60. The molecule has 1 aliphatic rings. The highest BCUT2D eigenvalue weighted by atomic mass is 16.2. The van der Waals surface area contributed by atoms with Crippen LogP contribution in [0.15, 0.2) is 54.9 Å². The van der Waals surface area contributed by atoms with Crippen molar-refractivity contribution < 1.29 is 9.59 Å². The minimum atomic E-state index is -0.333. The number of benzene rings is 1. The van der Waals surface area contributed by atoms with Gasteiger partial charge >= 0.3 is 0 Å². The van der Waals surface area contributed by atoms with Gasteiger partial charge < -0.3 is 10.2 Å². The zero-order valence-corrected chi connectivity index (χ0v) is 17.2. The Bertz CT molecular complexity index is 1060. The first-order chi connectivity index (χ1) is 14.5. The highest BCUT2D eigenvalue weighted by molar-refractivity contribution is 6.00. The standard InChI is InChI=1S/C23H25N5O2/c1-16-6-7-19(13-17(16)2)28-15-18(14-22(28)29)23(30)25-10-12-27-11-8-21(26-27)20-5-3-4-9-24-20/h3-9,11,13,18H,10,12,14-15H2,1-2H3,(H,25,30). The average Bonchev–Trinajstić information content (AvgIpc) is 3.38. The molecule has 0 saturated carbocycles. The number of hydrogen-bond donors (Lipinski definition) is 1. The van der Waals surface area contributed by atoms with Crippen molar-refractivity contribution in [3.63, 3.8) is 0 Å². The third kappa shape index (κ3) is 4.25. The molecule has 0 aliphatic carbocycles. The minimum absolute atomic E-state index is 0.00881. The predicted octanol–water partition coefficient (Wildman–Crippen LogP) is 2.73. The Morgan fingerprint density at radius 3 is 2.77 bits per heavy atom. The number of hydrogen-bond acceptors (Lipinski definition) is 4. The van der Waals surface area contributed by atoms with E-state index in [1.54, 1.807) is 15.8 Å². The number of aromatic nitrogens is 3. The molecule has 1 aromatic carbocycles. The number of anilines is 1. The van der Waals surface area contributed by atoms with Gasteiger partial charge in [0.05, 0.1) is 18.2 Å². The van der Waals surface area contributed by atoms with E-state index in [2.05, 4.69) is 15.4 Å². The Morgan fingerprint density at radius 2 is 2.00 bits per heavy atom. The topological polar surface area (TPSA) is 80.1 Å². The van der Waals surface area contributed by atoms with Crippen LogP contribution in [0.25, 0.3) is 11.4 Å². The molecule has 1 N–H and O–H groups in total. The van der Waals surface area contributed by atoms with Crippen molar-refractivity contribution in [1.82, 2.24) is 20.1 Å². The number of rotatable bonds is 6. The number of carbonyl (C=O) groups is 2. The van der Waals surface area contributed by atoms with E-state index in [0.717, 1.165) is 22.6 Å². The number of aryl methyl sites for hydroxylation is 2. The number of carbonyl (C=O) groups excluding carboxylic acids is 2. The summed E-state index contributed by atoms with van der Waals surface area (Å²) >= 11 is 0. The molecular formula is C23H25N5O2. The second-order valence-corrected chi connectivity index (χ2v) is 7.64. The van der Waals surface area contributed by atoms with Gasteiger partial charge in [0.1, 0.15) is 5.69 Å². The van der Waals surface area contributed by atoms with Crippen molar-refractivity contribution in [2.45, 2.75) is 26.8 Å². The van der Waals surface area contributed by atoms with Crippen LogP contribution in [0.4, 0.5) is 5.69 Å². The Morgan fingerprint density at radius 1 is 1.13 bits per heavy atom. The van der Waals surface area contributed by atoms with Gasteiger partial charge in [0.2, 0.25) is 11.8 Å². The first-order valence-corrected chi connectivity index (χ1v) is 10.1. The van der Waals surface area contributed by atoms with E-state index in [0.29, 0.717) is 19.6 Å². The lowest BCUT2D eigenvalue weighted by atomic mass is 10.1. The van der Waals surface area contributed by atoms with E-state index >= 15 is 0 Å². The fraction of sp³-hybridized carbons (Fsp3) is 0.304. The molecular weight excluding hydrogens is 378 g/mol. The van der Waals surface area contributed by atoms with E-state index in [-0.39, 0.29) is 24.2 Å². The lowest BCUT2D eigenvalue weighted by Gasteiger charge is -2.18. The molecule has 1 aliphatic heterocycles. The van der Waals surface area contributed by atoms with Crippen molar-refractivity contribution in [2.75, 3.05) is 18.0 Å². The van der Waals surface area contributed by atoms with Gasteiger partial charge in [-0.1, -0.05) is 12.1 Å². The quantitative estimate of drug-likeness (QED) is 0.686. The normalized spacial score (nSPS) is 16.1. The van der Waals surface area contributed by atoms with Crippen molar-refractivity contribution >= 4 is 17.5 Å². The summed E-state index contributed by atoms with van der Waals surface area (Å²) < 4.78 is 1.78. The predicted molar refractivity (Wildman–Crippen MR) is 115 cm³/mol. The summed E-state index contributed by atoms with van der Waals surface area (Å²) in [5.41, 5.74) is 4.79. The SMILES string of the molecule is Cc1ccc(N2CC(C(=O)NCCn3ccc(-c4ccccn4)n3)CC2=O)cc1C. The molecule has 30 heavy (non-hydrogen) atoms. The summed E-state index contributed by atoms with van der Waals surface area (Å²) in [7, 11) is 0. The highest BCUT2D eigenvalue weighted by Crippen LogP contribution is 2.26. The van der Waals surface area contributed by atoms with Crippen LogP contribution in [0.1, 0.15) is 17.5 Å². The number of amides is 2. The summed E-state index contributed by atoms with van der Waals surface area (Å²) in [4.78, 5) is 31.0. The molecule has 2 aromatic heterocycles. The van der Waals surface area contributed by atoms with Crippen LogP contribution < -0.4 is 10.2 Å². The van der Waals surface area contributed by atoms with Gasteiger partial charge in [-0.25, -0.2) is 0 Å². The maximum atomic E-state index is 12.6. The molecule has 3 aromatic rings. The molecule has 0 spiro atoms.